The summed E-state index contributed by atoms with van der Waals surface area (Å²) in [5, 5.41) is 7.19. The van der Waals surface area contributed by atoms with Gasteiger partial charge >= 0.3 is 0 Å². The van der Waals surface area contributed by atoms with Crippen LogP contribution < -0.4 is 15.4 Å². The van der Waals surface area contributed by atoms with E-state index in [-0.39, 0.29) is 0 Å². The Morgan fingerprint density at radius 2 is 1.77 bits per heavy atom. The third kappa shape index (κ3) is 4.24. The number of halogens is 1. The third-order valence-corrected chi connectivity index (χ3v) is 4.28. The predicted octanol–water partition coefficient (Wildman–Crippen LogP) is 5.55. The van der Waals surface area contributed by atoms with Gasteiger partial charge in [-0.15, -0.1) is 0 Å². The second kappa shape index (κ2) is 7.62. The van der Waals surface area contributed by atoms with Gasteiger partial charge in [0.25, 0.3) is 0 Å². The molecule has 6 heteroatoms. The highest BCUT2D eigenvalue weighted by Gasteiger charge is 2.10. The largest absolute Gasteiger partial charge is 0.495 e. The molecule has 0 radical (unpaired) electrons. The first-order valence-electron chi connectivity index (χ1n) is 8.25. The van der Waals surface area contributed by atoms with E-state index >= 15 is 0 Å². The molecule has 0 fully saturated rings. The van der Waals surface area contributed by atoms with Crippen LogP contribution in [0.25, 0.3) is 0 Å². The topological polar surface area (TPSA) is 59.1 Å². The number of aromatic nitrogens is 2. The lowest BCUT2D eigenvalue weighted by Crippen LogP contribution is -2.04. The first-order valence-corrected chi connectivity index (χ1v) is 8.63. The van der Waals surface area contributed by atoms with Crippen molar-refractivity contribution in [2.24, 2.45) is 0 Å². The Balaban J connectivity index is 1.90. The van der Waals surface area contributed by atoms with Gasteiger partial charge in [0.15, 0.2) is 0 Å². The number of benzene rings is 2. The van der Waals surface area contributed by atoms with Crippen LogP contribution in [-0.2, 0) is 0 Å². The van der Waals surface area contributed by atoms with Crippen molar-refractivity contribution in [3.8, 4) is 5.75 Å². The molecule has 2 aromatic carbocycles. The van der Waals surface area contributed by atoms with Crippen LogP contribution in [0.3, 0.4) is 0 Å². The number of methoxy groups -OCH3 is 1. The molecule has 0 saturated heterocycles. The van der Waals surface area contributed by atoms with E-state index in [9.17, 15) is 0 Å². The number of rotatable bonds is 5. The van der Waals surface area contributed by atoms with E-state index < -0.39 is 0 Å². The van der Waals surface area contributed by atoms with Crippen LogP contribution in [-0.4, -0.2) is 17.1 Å². The highest BCUT2D eigenvalue weighted by Crippen LogP contribution is 2.32. The van der Waals surface area contributed by atoms with Gasteiger partial charge in [0.1, 0.15) is 11.6 Å². The molecule has 0 unspecified atom stereocenters. The molecule has 0 aliphatic carbocycles. The molecule has 26 heavy (non-hydrogen) atoms. The van der Waals surface area contributed by atoms with Crippen LogP contribution in [0, 0.1) is 20.8 Å². The minimum absolute atomic E-state index is 0.486. The van der Waals surface area contributed by atoms with E-state index in [2.05, 4.69) is 39.7 Å². The quantitative estimate of drug-likeness (QED) is 0.618. The molecular formula is C20H21ClN4O. The SMILES string of the molecule is COc1cc(Cl)c(C)cc1Nc1nc(C)cc(Nc2cccc(C)c2)n1. The number of aryl methyl sites for hydroxylation is 3. The van der Waals surface area contributed by atoms with Crippen molar-refractivity contribution in [1.82, 2.24) is 9.97 Å². The smallest absolute Gasteiger partial charge is 0.229 e. The van der Waals surface area contributed by atoms with Gasteiger partial charge in [0.2, 0.25) is 5.95 Å². The van der Waals surface area contributed by atoms with Crippen molar-refractivity contribution in [3.05, 3.63) is 64.3 Å². The summed E-state index contributed by atoms with van der Waals surface area (Å²) in [5.74, 6) is 1.84. The first-order chi connectivity index (χ1) is 12.4. The minimum atomic E-state index is 0.486. The van der Waals surface area contributed by atoms with Crippen LogP contribution in [0.4, 0.5) is 23.1 Å². The fourth-order valence-corrected chi connectivity index (χ4v) is 2.76. The highest BCUT2D eigenvalue weighted by molar-refractivity contribution is 6.31. The lowest BCUT2D eigenvalue weighted by Gasteiger charge is -2.14. The average Bonchev–Trinajstić information content (AvgIpc) is 2.57. The number of ether oxygens (including phenoxy) is 1. The van der Waals surface area contributed by atoms with Gasteiger partial charge in [0, 0.05) is 28.5 Å². The first kappa shape index (κ1) is 18.0. The Morgan fingerprint density at radius 1 is 0.962 bits per heavy atom. The Kier molecular flexibility index (Phi) is 5.28. The summed E-state index contributed by atoms with van der Waals surface area (Å²) in [6.45, 7) is 5.92. The second-order valence-electron chi connectivity index (χ2n) is 6.14. The van der Waals surface area contributed by atoms with Crippen molar-refractivity contribution in [2.75, 3.05) is 17.7 Å². The van der Waals surface area contributed by atoms with Gasteiger partial charge in [-0.3, -0.25) is 0 Å². The van der Waals surface area contributed by atoms with Crippen LogP contribution in [0.5, 0.6) is 5.75 Å². The maximum absolute atomic E-state index is 6.17. The molecule has 0 aliphatic heterocycles. The fourth-order valence-electron chi connectivity index (χ4n) is 2.61. The van der Waals surface area contributed by atoms with Crippen molar-refractivity contribution < 1.29 is 4.74 Å². The summed E-state index contributed by atoms with van der Waals surface area (Å²) >= 11 is 6.17. The summed E-state index contributed by atoms with van der Waals surface area (Å²) in [6.07, 6.45) is 0. The molecule has 0 atom stereocenters. The molecule has 2 N–H and O–H groups in total. The van der Waals surface area contributed by atoms with Crippen LogP contribution in [0.1, 0.15) is 16.8 Å². The number of hydrogen-bond acceptors (Lipinski definition) is 5. The third-order valence-electron chi connectivity index (χ3n) is 3.87. The maximum atomic E-state index is 6.17. The van der Waals surface area contributed by atoms with E-state index in [1.807, 2.05) is 38.1 Å². The zero-order valence-corrected chi connectivity index (χ0v) is 16.0. The normalized spacial score (nSPS) is 10.5. The van der Waals surface area contributed by atoms with Crippen molar-refractivity contribution in [3.63, 3.8) is 0 Å². The molecular weight excluding hydrogens is 348 g/mol. The number of hydrogen-bond donors (Lipinski definition) is 2. The molecule has 3 rings (SSSR count). The highest BCUT2D eigenvalue weighted by atomic mass is 35.5. The van der Waals surface area contributed by atoms with Gasteiger partial charge in [-0.2, -0.15) is 4.98 Å². The molecule has 1 heterocycles. The molecule has 3 aromatic rings. The second-order valence-corrected chi connectivity index (χ2v) is 6.55. The van der Waals surface area contributed by atoms with Gasteiger partial charge in [0.05, 0.1) is 12.8 Å². The molecule has 134 valence electrons. The van der Waals surface area contributed by atoms with Crippen LogP contribution >= 0.6 is 11.6 Å². The Bertz CT molecular complexity index is 943. The van der Waals surface area contributed by atoms with Crippen molar-refractivity contribution in [1.29, 1.82) is 0 Å². The lowest BCUT2D eigenvalue weighted by molar-refractivity contribution is 0.416. The van der Waals surface area contributed by atoms with Gasteiger partial charge in [-0.05, 0) is 50.1 Å². The zero-order valence-electron chi connectivity index (χ0n) is 15.2. The zero-order chi connectivity index (χ0) is 18.7. The van der Waals surface area contributed by atoms with Gasteiger partial charge in [-0.25, -0.2) is 4.98 Å². The molecule has 1 aromatic heterocycles. The molecule has 0 aliphatic rings. The number of anilines is 4. The molecule has 0 bridgehead atoms. The van der Waals surface area contributed by atoms with Crippen LogP contribution in [0.15, 0.2) is 42.5 Å². The summed E-state index contributed by atoms with van der Waals surface area (Å²) in [6, 6.07) is 13.7. The Labute approximate surface area is 158 Å². The summed E-state index contributed by atoms with van der Waals surface area (Å²) in [5.41, 5.74) is 4.72. The van der Waals surface area contributed by atoms with E-state index in [0.29, 0.717) is 16.7 Å². The molecule has 0 spiro atoms. The van der Waals surface area contributed by atoms with E-state index in [1.54, 1.807) is 13.2 Å². The Hall–Kier alpha value is -2.79. The van der Waals surface area contributed by atoms with E-state index in [1.165, 1.54) is 5.56 Å². The van der Waals surface area contributed by atoms with E-state index in [0.717, 1.165) is 28.5 Å². The molecule has 0 saturated carbocycles. The summed E-state index contributed by atoms with van der Waals surface area (Å²) in [7, 11) is 1.61. The molecule has 0 amide bonds. The minimum Gasteiger partial charge on any atom is -0.495 e. The van der Waals surface area contributed by atoms with Crippen molar-refractivity contribution >= 4 is 34.7 Å². The number of nitrogens with one attached hydrogen (secondary N) is 2. The van der Waals surface area contributed by atoms with E-state index in [4.69, 9.17) is 16.3 Å². The summed E-state index contributed by atoms with van der Waals surface area (Å²) < 4.78 is 5.40. The lowest BCUT2D eigenvalue weighted by atomic mass is 10.2. The fraction of sp³-hybridized carbons (Fsp3) is 0.200. The molecule has 5 nitrogen and oxygen atoms in total. The average molecular weight is 369 g/mol. The van der Waals surface area contributed by atoms with Crippen molar-refractivity contribution in [2.45, 2.75) is 20.8 Å². The summed E-state index contributed by atoms with van der Waals surface area (Å²) in [4.78, 5) is 9.02. The van der Waals surface area contributed by atoms with Crippen LogP contribution in [0.2, 0.25) is 5.02 Å². The van der Waals surface area contributed by atoms with Gasteiger partial charge < -0.3 is 15.4 Å². The maximum Gasteiger partial charge on any atom is 0.229 e. The Morgan fingerprint density at radius 3 is 2.50 bits per heavy atom. The monoisotopic (exact) mass is 368 g/mol. The number of nitrogens with zero attached hydrogens (tertiary/aromatic N) is 2. The van der Waals surface area contributed by atoms with Gasteiger partial charge in [-0.1, -0.05) is 23.7 Å². The standard InChI is InChI=1S/C20H21ClN4O/c1-12-6-5-7-15(8-12)23-19-10-14(3)22-20(25-19)24-17-9-13(2)16(21)11-18(17)26-4/h5-11H,1-4H3,(H2,22,23,24,25). The predicted molar refractivity (Wildman–Crippen MR) is 107 cm³/mol.